The van der Waals surface area contributed by atoms with Crippen molar-refractivity contribution in [1.82, 2.24) is 10.6 Å². The fourth-order valence-corrected chi connectivity index (χ4v) is 2.45. The van der Waals surface area contributed by atoms with Gasteiger partial charge in [-0.2, -0.15) is 0 Å². The molecule has 0 saturated heterocycles. The van der Waals surface area contributed by atoms with Gasteiger partial charge in [0.05, 0.1) is 6.10 Å². The van der Waals surface area contributed by atoms with E-state index in [0.29, 0.717) is 12.6 Å². The van der Waals surface area contributed by atoms with Crippen LogP contribution in [0.25, 0.3) is 0 Å². The Morgan fingerprint density at radius 3 is 2.38 bits per heavy atom. The molecule has 1 saturated carbocycles. The quantitative estimate of drug-likeness (QED) is 0.890. The number of rotatable bonds is 4. The van der Waals surface area contributed by atoms with Crippen molar-refractivity contribution < 1.29 is 9.53 Å². The van der Waals surface area contributed by atoms with E-state index < -0.39 is 0 Å². The zero-order valence-electron chi connectivity index (χ0n) is 13.2. The van der Waals surface area contributed by atoms with Crippen molar-refractivity contribution in [3.05, 3.63) is 29.8 Å². The number of carbonyl (C=O) groups is 1. The number of carbonyl (C=O) groups excluding carboxylic acids is 1. The summed E-state index contributed by atoms with van der Waals surface area (Å²) >= 11 is 0. The standard InChI is InChI=1S/C17H26N2O2/c1-17(2,3)19-16(20)18-12-13-8-10-15(11-9-13)21-14-6-4-5-7-14/h8-11,14H,4-7,12H2,1-3H3,(H2,18,19,20). The third kappa shape index (κ3) is 5.66. The van der Waals surface area contributed by atoms with Gasteiger partial charge >= 0.3 is 6.03 Å². The Balaban J connectivity index is 1.78. The van der Waals surface area contributed by atoms with Crippen molar-refractivity contribution in [3.8, 4) is 5.75 Å². The van der Waals surface area contributed by atoms with E-state index in [2.05, 4.69) is 10.6 Å². The predicted octanol–water partition coefficient (Wildman–Crippen LogP) is 3.61. The van der Waals surface area contributed by atoms with Gasteiger partial charge in [0.15, 0.2) is 0 Å². The average Bonchev–Trinajstić information content (AvgIpc) is 2.89. The minimum absolute atomic E-state index is 0.145. The molecule has 0 unspecified atom stereocenters. The van der Waals surface area contributed by atoms with Gasteiger partial charge in [0.1, 0.15) is 5.75 Å². The normalized spacial score (nSPS) is 15.8. The Hall–Kier alpha value is -1.71. The lowest BCUT2D eigenvalue weighted by molar-refractivity contribution is 0.210. The Labute approximate surface area is 127 Å². The van der Waals surface area contributed by atoms with Gasteiger partial charge < -0.3 is 15.4 Å². The molecule has 0 bridgehead atoms. The molecule has 0 radical (unpaired) electrons. The molecule has 1 fully saturated rings. The van der Waals surface area contributed by atoms with Crippen molar-refractivity contribution >= 4 is 6.03 Å². The monoisotopic (exact) mass is 290 g/mol. The van der Waals surface area contributed by atoms with Crippen LogP contribution in [0.2, 0.25) is 0 Å². The van der Waals surface area contributed by atoms with Gasteiger partial charge in [0.25, 0.3) is 0 Å². The summed E-state index contributed by atoms with van der Waals surface area (Å²) in [6.45, 7) is 6.40. The summed E-state index contributed by atoms with van der Waals surface area (Å²) in [5.74, 6) is 0.921. The molecule has 1 aromatic rings. The minimum Gasteiger partial charge on any atom is -0.490 e. The second-order valence-corrected chi connectivity index (χ2v) is 6.73. The van der Waals surface area contributed by atoms with Crippen molar-refractivity contribution in [2.24, 2.45) is 0 Å². The number of benzene rings is 1. The molecule has 4 nitrogen and oxygen atoms in total. The number of nitrogens with one attached hydrogen (secondary N) is 2. The molecule has 2 N–H and O–H groups in total. The van der Waals surface area contributed by atoms with Gasteiger partial charge in [-0.05, 0) is 64.2 Å². The van der Waals surface area contributed by atoms with Crippen LogP contribution in [0.15, 0.2) is 24.3 Å². The smallest absolute Gasteiger partial charge is 0.315 e. The van der Waals surface area contributed by atoms with Crippen LogP contribution in [0.1, 0.15) is 52.0 Å². The van der Waals surface area contributed by atoms with E-state index in [-0.39, 0.29) is 11.6 Å². The Morgan fingerprint density at radius 1 is 1.19 bits per heavy atom. The van der Waals surface area contributed by atoms with E-state index in [0.717, 1.165) is 24.2 Å². The molecule has 0 atom stereocenters. The highest BCUT2D eigenvalue weighted by Gasteiger charge is 2.16. The molecule has 2 amide bonds. The number of hydrogen-bond donors (Lipinski definition) is 2. The zero-order chi connectivity index (χ0) is 15.3. The van der Waals surface area contributed by atoms with Crippen molar-refractivity contribution in [2.45, 2.75) is 64.6 Å². The number of urea groups is 1. The second kappa shape index (κ2) is 6.83. The largest absolute Gasteiger partial charge is 0.490 e. The van der Waals surface area contributed by atoms with Crippen LogP contribution in [0, 0.1) is 0 Å². The van der Waals surface area contributed by atoms with Gasteiger partial charge in [-0.25, -0.2) is 4.79 Å². The fraction of sp³-hybridized carbons (Fsp3) is 0.588. The maximum Gasteiger partial charge on any atom is 0.315 e. The minimum atomic E-state index is -0.219. The van der Waals surface area contributed by atoms with Gasteiger partial charge in [-0.15, -0.1) is 0 Å². The average molecular weight is 290 g/mol. The van der Waals surface area contributed by atoms with Crippen molar-refractivity contribution in [1.29, 1.82) is 0 Å². The van der Waals surface area contributed by atoms with Crippen LogP contribution in [0.3, 0.4) is 0 Å². The van der Waals surface area contributed by atoms with E-state index in [9.17, 15) is 4.79 Å². The first kappa shape index (κ1) is 15.7. The molecule has 1 aliphatic carbocycles. The van der Waals surface area contributed by atoms with E-state index in [1.165, 1.54) is 12.8 Å². The van der Waals surface area contributed by atoms with Gasteiger partial charge in [-0.1, -0.05) is 12.1 Å². The maximum atomic E-state index is 11.7. The molecule has 2 rings (SSSR count). The molecule has 4 heteroatoms. The summed E-state index contributed by atoms with van der Waals surface area (Å²) in [5.41, 5.74) is 0.848. The van der Waals surface area contributed by atoms with Crippen LogP contribution < -0.4 is 15.4 Å². The van der Waals surface area contributed by atoms with Crippen LogP contribution >= 0.6 is 0 Å². The number of amides is 2. The molecule has 0 spiro atoms. The zero-order valence-corrected chi connectivity index (χ0v) is 13.2. The highest BCUT2D eigenvalue weighted by molar-refractivity contribution is 5.74. The lowest BCUT2D eigenvalue weighted by Crippen LogP contribution is -2.46. The highest BCUT2D eigenvalue weighted by Crippen LogP contribution is 2.24. The van der Waals surface area contributed by atoms with Crippen LogP contribution in [-0.4, -0.2) is 17.7 Å². The highest BCUT2D eigenvalue weighted by atomic mass is 16.5. The summed E-state index contributed by atoms with van der Waals surface area (Å²) in [6, 6.07) is 7.82. The SMILES string of the molecule is CC(C)(C)NC(=O)NCc1ccc(OC2CCCC2)cc1. The fourth-order valence-electron chi connectivity index (χ4n) is 2.45. The molecule has 0 heterocycles. The Morgan fingerprint density at radius 2 is 1.81 bits per heavy atom. The summed E-state index contributed by atoms with van der Waals surface area (Å²) in [5, 5.41) is 5.73. The first-order valence-electron chi connectivity index (χ1n) is 7.74. The summed E-state index contributed by atoms with van der Waals surface area (Å²) in [7, 11) is 0. The lowest BCUT2D eigenvalue weighted by atomic mass is 10.1. The van der Waals surface area contributed by atoms with E-state index in [1.54, 1.807) is 0 Å². The van der Waals surface area contributed by atoms with E-state index in [4.69, 9.17) is 4.74 Å². The number of hydrogen-bond acceptors (Lipinski definition) is 2. The molecular formula is C17H26N2O2. The number of ether oxygens (including phenoxy) is 1. The summed E-state index contributed by atoms with van der Waals surface area (Å²) in [4.78, 5) is 11.7. The van der Waals surface area contributed by atoms with Crippen molar-refractivity contribution in [2.75, 3.05) is 0 Å². The van der Waals surface area contributed by atoms with Gasteiger partial charge in [0.2, 0.25) is 0 Å². The third-order valence-corrected chi connectivity index (χ3v) is 3.47. The first-order valence-corrected chi connectivity index (χ1v) is 7.74. The topological polar surface area (TPSA) is 50.4 Å². The third-order valence-electron chi connectivity index (χ3n) is 3.47. The molecule has 0 aromatic heterocycles. The van der Waals surface area contributed by atoms with Crippen molar-refractivity contribution in [3.63, 3.8) is 0 Å². The first-order chi connectivity index (χ1) is 9.92. The summed E-state index contributed by atoms with van der Waals surface area (Å²) < 4.78 is 5.92. The summed E-state index contributed by atoms with van der Waals surface area (Å²) in [6.07, 6.45) is 5.25. The van der Waals surface area contributed by atoms with Crippen LogP contribution in [0.4, 0.5) is 4.79 Å². The Bertz CT molecular complexity index is 457. The van der Waals surface area contributed by atoms with Crippen LogP contribution in [0.5, 0.6) is 5.75 Å². The molecule has 0 aliphatic heterocycles. The maximum absolute atomic E-state index is 11.7. The van der Waals surface area contributed by atoms with Gasteiger partial charge in [0, 0.05) is 12.1 Å². The lowest BCUT2D eigenvalue weighted by Gasteiger charge is -2.20. The molecule has 116 valence electrons. The predicted molar refractivity (Wildman–Crippen MR) is 84.5 cm³/mol. The molecule has 21 heavy (non-hydrogen) atoms. The molecular weight excluding hydrogens is 264 g/mol. The second-order valence-electron chi connectivity index (χ2n) is 6.73. The Kier molecular flexibility index (Phi) is 5.10. The van der Waals surface area contributed by atoms with Crippen LogP contribution in [-0.2, 0) is 6.54 Å². The van der Waals surface area contributed by atoms with E-state index in [1.807, 2.05) is 45.0 Å². The molecule has 1 aromatic carbocycles. The van der Waals surface area contributed by atoms with E-state index >= 15 is 0 Å². The molecule has 1 aliphatic rings. The van der Waals surface area contributed by atoms with Gasteiger partial charge in [-0.3, -0.25) is 0 Å².